The maximum absolute atomic E-state index is 9.81. The van der Waals surface area contributed by atoms with Crippen molar-refractivity contribution in [1.29, 1.82) is 0 Å². The van der Waals surface area contributed by atoms with Gasteiger partial charge >= 0.3 is 0 Å². The third-order valence-corrected chi connectivity index (χ3v) is 3.17. The van der Waals surface area contributed by atoms with E-state index < -0.39 is 0 Å². The molecule has 2 aromatic heterocycles. The summed E-state index contributed by atoms with van der Waals surface area (Å²) in [7, 11) is 0. The van der Waals surface area contributed by atoms with Gasteiger partial charge in [0.05, 0.1) is 12.5 Å². The SMILES string of the molecule is OC(Cc1nc(Cc2ccncc2)no1)C1CC1. The summed E-state index contributed by atoms with van der Waals surface area (Å²) in [4.78, 5) is 8.26. The van der Waals surface area contributed by atoms with E-state index in [-0.39, 0.29) is 6.10 Å². The molecule has 0 aromatic carbocycles. The third-order valence-electron chi connectivity index (χ3n) is 3.17. The number of aromatic nitrogens is 3. The fraction of sp³-hybridized carbons (Fsp3) is 0.462. The summed E-state index contributed by atoms with van der Waals surface area (Å²) in [5.74, 6) is 1.61. The van der Waals surface area contributed by atoms with Crippen molar-refractivity contribution < 1.29 is 9.63 Å². The lowest BCUT2D eigenvalue weighted by atomic mass is 10.1. The number of nitrogens with zero attached hydrogens (tertiary/aromatic N) is 3. The molecule has 0 spiro atoms. The summed E-state index contributed by atoms with van der Waals surface area (Å²) in [5, 5.41) is 13.7. The van der Waals surface area contributed by atoms with E-state index in [0.717, 1.165) is 18.4 Å². The van der Waals surface area contributed by atoms with Crippen LogP contribution in [0.3, 0.4) is 0 Å². The van der Waals surface area contributed by atoms with Gasteiger partial charge in [0.15, 0.2) is 5.82 Å². The molecule has 0 amide bonds. The lowest BCUT2D eigenvalue weighted by Crippen LogP contribution is -2.12. The van der Waals surface area contributed by atoms with E-state index in [0.29, 0.717) is 30.5 Å². The van der Waals surface area contributed by atoms with Crippen molar-refractivity contribution in [2.45, 2.75) is 31.8 Å². The van der Waals surface area contributed by atoms with Crippen LogP contribution >= 0.6 is 0 Å². The van der Waals surface area contributed by atoms with Gasteiger partial charge in [-0.15, -0.1) is 0 Å². The zero-order valence-corrected chi connectivity index (χ0v) is 9.99. The molecule has 1 aliphatic rings. The molecule has 94 valence electrons. The van der Waals surface area contributed by atoms with E-state index in [1.165, 1.54) is 0 Å². The predicted octanol–water partition coefficient (Wildman–Crippen LogP) is 1.37. The monoisotopic (exact) mass is 245 g/mol. The molecule has 0 bridgehead atoms. The van der Waals surface area contributed by atoms with Crippen LogP contribution in [0.5, 0.6) is 0 Å². The molecule has 1 unspecified atom stereocenters. The standard InChI is InChI=1S/C13H15N3O2/c17-11(10-1-2-10)8-13-15-12(16-18-13)7-9-3-5-14-6-4-9/h3-6,10-11,17H,1-2,7-8H2. The van der Waals surface area contributed by atoms with Crippen LogP contribution in [-0.2, 0) is 12.8 Å². The maximum atomic E-state index is 9.81. The quantitative estimate of drug-likeness (QED) is 0.861. The summed E-state index contributed by atoms with van der Waals surface area (Å²) in [5.41, 5.74) is 1.10. The van der Waals surface area contributed by atoms with E-state index in [9.17, 15) is 5.11 Å². The number of aliphatic hydroxyl groups excluding tert-OH is 1. The van der Waals surface area contributed by atoms with Crippen molar-refractivity contribution in [2.75, 3.05) is 0 Å². The van der Waals surface area contributed by atoms with Gasteiger partial charge in [0.2, 0.25) is 5.89 Å². The fourth-order valence-electron chi connectivity index (χ4n) is 1.95. The molecule has 1 atom stereocenters. The highest BCUT2D eigenvalue weighted by molar-refractivity contribution is 5.14. The largest absolute Gasteiger partial charge is 0.392 e. The Morgan fingerprint density at radius 2 is 2.11 bits per heavy atom. The zero-order chi connectivity index (χ0) is 12.4. The van der Waals surface area contributed by atoms with Gasteiger partial charge in [-0.2, -0.15) is 4.98 Å². The first-order valence-electron chi connectivity index (χ1n) is 6.19. The van der Waals surface area contributed by atoms with Gasteiger partial charge in [0, 0.05) is 18.8 Å². The van der Waals surface area contributed by atoms with Crippen LogP contribution < -0.4 is 0 Å². The highest BCUT2D eigenvalue weighted by Crippen LogP contribution is 2.33. The first kappa shape index (κ1) is 11.3. The number of hydrogen-bond donors (Lipinski definition) is 1. The summed E-state index contributed by atoms with van der Waals surface area (Å²) < 4.78 is 5.15. The number of hydrogen-bond acceptors (Lipinski definition) is 5. The van der Waals surface area contributed by atoms with Crippen LogP contribution in [0, 0.1) is 5.92 Å². The van der Waals surface area contributed by atoms with Gasteiger partial charge < -0.3 is 9.63 Å². The van der Waals surface area contributed by atoms with Gasteiger partial charge in [0.1, 0.15) is 0 Å². The highest BCUT2D eigenvalue weighted by Gasteiger charge is 2.30. The molecule has 0 radical (unpaired) electrons. The molecule has 2 aromatic rings. The first-order valence-corrected chi connectivity index (χ1v) is 6.19. The van der Waals surface area contributed by atoms with E-state index in [4.69, 9.17) is 4.52 Å². The van der Waals surface area contributed by atoms with Gasteiger partial charge in [-0.1, -0.05) is 5.16 Å². The molecule has 1 saturated carbocycles. The third kappa shape index (κ3) is 2.73. The highest BCUT2D eigenvalue weighted by atomic mass is 16.5. The van der Waals surface area contributed by atoms with Gasteiger partial charge in [-0.05, 0) is 36.5 Å². The average Bonchev–Trinajstić information content (AvgIpc) is 3.15. The molecule has 3 rings (SSSR count). The second-order valence-corrected chi connectivity index (χ2v) is 4.75. The van der Waals surface area contributed by atoms with Gasteiger partial charge in [0.25, 0.3) is 0 Å². The molecule has 5 heteroatoms. The normalized spacial score (nSPS) is 16.7. The van der Waals surface area contributed by atoms with Crippen LogP contribution in [0.15, 0.2) is 29.0 Å². The first-order chi connectivity index (χ1) is 8.81. The maximum Gasteiger partial charge on any atom is 0.229 e. The van der Waals surface area contributed by atoms with Crippen LogP contribution in [-0.4, -0.2) is 26.3 Å². The van der Waals surface area contributed by atoms with E-state index in [2.05, 4.69) is 15.1 Å². The molecular formula is C13H15N3O2. The Hall–Kier alpha value is -1.75. The lowest BCUT2D eigenvalue weighted by molar-refractivity contribution is 0.140. The van der Waals surface area contributed by atoms with Crippen LogP contribution in [0.4, 0.5) is 0 Å². The Morgan fingerprint density at radius 1 is 1.33 bits per heavy atom. The molecular weight excluding hydrogens is 230 g/mol. The lowest BCUT2D eigenvalue weighted by Gasteiger charge is -2.03. The summed E-state index contributed by atoms with van der Waals surface area (Å²) in [6, 6.07) is 3.85. The van der Waals surface area contributed by atoms with Crippen molar-refractivity contribution in [3.8, 4) is 0 Å². The van der Waals surface area contributed by atoms with Crippen molar-refractivity contribution in [2.24, 2.45) is 5.92 Å². The van der Waals surface area contributed by atoms with Crippen LogP contribution in [0.25, 0.3) is 0 Å². The van der Waals surface area contributed by atoms with Gasteiger partial charge in [-0.25, -0.2) is 0 Å². The molecule has 2 heterocycles. The van der Waals surface area contributed by atoms with E-state index in [1.807, 2.05) is 12.1 Å². The minimum Gasteiger partial charge on any atom is -0.392 e. The van der Waals surface area contributed by atoms with Crippen molar-refractivity contribution in [3.63, 3.8) is 0 Å². The van der Waals surface area contributed by atoms with Crippen LogP contribution in [0.1, 0.15) is 30.1 Å². The fourth-order valence-corrected chi connectivity index (χ4v) is 1.95. The summed E-state index contributed by atoms with van der Waals surface area (Å²) in [6.45, 7) is 0. The Labute approximate surface area is 105 Å². The molecule has 1 N–H and O–H groups in total. The van der Waals surface area contributed by atoms with E-state index in [1.54, 1.807) is 12.4 Å². The number of aliphatic hydroxyl groups is 1. The summed E-state index contributed by atoms with van der Waals surface area (Å²) >= 11 is 0. The molecule has 0 aliphatic heterocycles. The predicted molar refractivity (Wildman–Crippen MR) is 63.8 cm³/mol. The Kier molecular flexibility index (Phi) is 3.06. The number of pyridine rings is 1. The minimum absolute atomic E-state index is 0.334. The zero-order valence-electron chi connectivity index (χ0n) is 9.99. The smallest absolute Gasteiger partial charge is 0.229 e. The second kappa shape index (κ2) is 4.86. The minimum atomic E-state index is -0.334. The molecule has 5 nitrogen and oxygen atoms in total. The van der Waals surface area contributed by atoms with Crippen molar-refractivity contribution in [3.05, 3.63) is 41.8 Å². The van der Waals surface area contributed by atoms with Gasteiger partial charge in [-0.3, -0.25) is 4.98 Å². The Morgan fingerprint density at radius 3 is 2.83 bits per heavy atom. The topological polar surface area (TPSA) is 72.0 Å². The molecule has 18 heavy (non-hydrogen) atoms. The molecule has 1 fully saturated rings. The van der Waals surface area contributed by atoms with Crippen molar-refractivity contribution >= 4 is 0 Å². The summed E-state index contributed by atoms with van der Waals surface area (Å²) in [6.07, 6.45) is 6.47. The average molecular weight is 245 g/mol. The number of rotatable bonds is 5. The molecule has 1 aliphatic carbocycles. The van der Waals surface area contributed by atoms with E-state index >= 15 is 0 Å². The second-order valence-electron chi connectivity index (χ2n) is 4.75. The molecule has 0 saturated heterocycles. The van der Waals surface area contributed by atoms with Crippen molar-refractivity contribution in [1.82, 2.24) is 15.1 Å². The van der Waals surface area contributed by atoms with Crippen LogP contribution in [0.2, 0.25) is 0 Å². The Bertz CT molecular complexity index is 508. The Balaban J connectivity index is 1.62.